The molecule has 0 saturated heterocycles. The maximum Gasteiger partial charge on any atom is 0.133 e. The molecule has 0 unspecified atom stereocenters. The van der Waals surface area contributed by atoms with Gasteiger partial charge in [-0.2, -0.15) is 0 Å². The molecule has 31 heavy (non-hydrogen) atoms. The van der Waals surface area contributed by atoms with Crippen molar-refractivity contribution in [2.75, 3.05) is 0 Å². The Balaban J connectivity index is 1.35. The predicted molar refractivity (Wildman–Crippen MR) is 126 cm³/mol. The molecular weight excluding hydrogens is 380 g/mol. The van der Waals surface area contributed by atoms with E-state index in [1.165, 1.54) is 38.5 Å². The number of hydrogen-bond donors (Lipinski definition) is 1. The highest BCUT2D eigenvalue weighted by molar-refractivity contribution is 5.79. The summed E-state index contributed by atoms with van der Waals surface area (Å²) in [6, 6.07) is 0. The summed E-state index contributed by atoms with van der Waals surface area (Å²) in [4.78, 5) is 12.2. The molecule has 2 nitrogen and oxygen atoms in total. The summed E-state index contributed by atoms with van der Waals surface area (Å²) in [5.74, 6) is 6.31. The van der Waals surface area contributed by atoms with Crippen LogP contribution in [0.1, 0.15) is 98.8 Å². The highest BCUT2D eigenvalue weighted by atomic mass is 16.3. The van der Waals surface area contributed by atoms with Gasteiger partial charge in [0.2, 0.25) is 0 Å². The zero-order chi connectivity index (χ0) is 22.1. The molecule has 5 fully saturated rings. The number of aliphatic hydroxyl groups excluding tert-OH is 1. The predicted octanol–water partition coefficient (Wildman–Crippen LogP) is 6.81. The third-order valence-corrected chi connectivity index (χ3v) is 11.9. The summed E-state index contributed by atoms with van der Waals surface area (Å²) in [5, 5.41) is 11.7. The van der Waals surface area contributed by atoms with Crippen LogP contribution in [0.2, 0.25) is 0 Å². The molecule has 0 aromatic heterocycles. The average Bonchev–Trinajstić information content (AvgIpc) is 3.35. The summed E-state index contributed by atoms with van der Waals surface area (Å²) >= 11 is 0. The van der Waals surface area contributed by atoms with Gasteiger partial charge in [0, 0.05) is 18.3 Å². The Morgan fingerprint density at radius 2 is 1.90 bits per heavy atom. The first-order valence-electron chi connectivity index (χ1n) is 13.5. The Morgan fingerprint density at radius 3 is 2.61 bits per heavy atom. The minimum absolute atomic E-state index is 0.0472. The molecule has 174 valence electrons. The molecule has 11 atom stereocenters. The summed E-state index contributed by atoms with van der Waals surface area (Å²) in [7, 11) is 0. The molecule has 0 bridgehead atoms. The maximum atomic E-state index is 12.2. The number of fused-ring (bicyclic) bond motifs is 5. The van der Waals surface area contributed by atoms with E-state index in [2.05, 4.69) is 40.7 Å². The van der Waals surface area contributed by atoms with Gasteiger partial charge in [-0.05, 0) is 111 Å². The fraction of sp³-hybridized carbons (Fsp3) is 0.897. The van der Waals surface area contributed by atoms with Crippen LogP contribution in [0, 0.1) is 58.2 Å². The second-order valence-corrected chi connectivity index (χ2v) is 13.2. The minimum atomic E-state index is -0.191. The van der Waals surface area contributed by atoms with E-state index < -0.39 is 0 Å². The first-order chi connectivity index (χ1) is 14.7. The van der Waals surface area contributed by atoms with Crippen molar-refractivity contribution in [3.05, 3.63) is 11.6 Å². The molecule has 0 aliphatic heterocycles. The van der Waals surface area contributed by atoms with Crippen LogP contribution in [0.3, 0.4) is 0 Å². The average molecular weight is 427 g/mol. The highest BCUT2D eigenvalue weighted by Gasteiger charge is 2.63. The molecule has 5 aliphatic carbocycles. The second kappa shape index (κ2) is 7.71. The number of rotatable bonds is 4. The molecule has 2 heteroatoms. The normalized spacial score (nSPS) is 52.8. The standard InChI is InChI=1S/C29H46O2/c1-17(23-14-19(23)3)6-7-18(2)24-10-11-25-22-9-8-20-15-21(30)12-13-28(20,4)26(22)16-27(31)29(24,25)5/h7,17,19-20,22-27,31H,6,8-16H2,1-5H3/b18-7+/t17-,19-,20+,22+,23+,24-,25+,26+,27-,28+,29-/m1/s1. The van der Waals surface area contributed by atoms with E-state index in [0.717, 1.165) is 49.4 Å². The van der Waals surface area contributed by atoms with E-state index in [0.29, 0.717) is 29.5 Å². The van der Waals surface area contributed by atoms with Crippen LogP contribution in [0.25, 0.3) is 0 Å². The van der Waals surface area contributed by atoms with E-state index in [4.69, 9.17) is 0 Å². The lowest BCUT2D eigenvalue weighted by atomic mass is 9.44. The van der Waals surface area contributed by atoms with E-state index in [1.807, 2.05) is 0 Å². The molecule has 1 N–H and O–H groups in total. The van der Waals surface area contributed by atoms with Crippen LogP contribution < -0.4 is 0 Å². The zero-order valence-corrected chi connectivity index (χ0v) is 20.7. The summed E-state index contributed by atoms with van der Waals surface area (Å²) < 4.78 is 0. The van der Waals surface area contributed by atoms with Crippen LogP contribution >= 0.6 is 0 Å². The number of Topliss-reactive ketones (excluding diaryl/α,β-unsaturated/α-hetero) is 1. The van der Waals surface area contributed by atoms with Gasteiger partial charge in [-0.25, -0.2) is 0 Å². The van der Waals surface area contributed by atoms with Crippen molar-refractivity contribution < 1.29 is 9.90 Å². The lowest BCUT2D eigenvalue weighted by Gasteiger charge is -2.61. The number of hydrogen-bond acceptors (Lipinski definition) is 2. The molecule has 5 saturated carbocycles. The van der Waals surface area contributed by atoms with Gasteiger partial charge >= 0.3 is 0 Å². The third kappa shape index (κ3) is 3.41. The van der Waals surface area contributed by atoms with Gasteiger partial charge in [0.25, 0.3) is 0 Å². The van der Waals surface area contributed by atoms with Crippen molar-refractivity contribution in [2.45, 2.75) is 105 Å². The molecule has 0 spiro atoms. The summed E-state index contributed by atoms with van der Waals surface area (Å²) in [6.07, 6.45) is 13.7. The molecule has 5 aliphatic rings. The van der Waals surface area contributed by atoms with Gasteiger partial charge in [-0.1, -0.05) is 39.3 Å². The van der Waals surface area contributed by atoms with E-state index in [1.54, 1.807) is 5.57 Å². The number of carbonyl (C=O) groups is 1. The Kier molecular flexibility index (Phi) is 5.52. The van der Waals surface area contributed by atoms with Crippen LogP contribution in [0.5, 0.6) is 0 Å². The van der Waals surface area contributed by atoms with Crippen molar-refractivity contribution in [3.8, 4) is 0 Å². The molecule has 5 rings (SSSR count). The quantitative estimate of drug-likeness (QED) is 0.501. The van der Waals surface area contributed by atoms with Crippen molar-refractivity contribution >= 4 is 5.78 Å². The molecule has 0 aromatic rings. The lowest BCUT2D eigenvalue weighted by molar-refractivity contribution is -0.164. The Labute approximate surface area is 190 Å². The fourth-order valence-electron chi connectivity index (χ4n) is 9.58. The third-order valence-electron chi connectivity index (χ3n) is 11.9. The summed E-state index contributed by atoms with van der Waals surface area (Å²) in [5.41, 5.74) is 1.88. The Bertz CT molecular complexity index is 754. The fourth-order valence-corrected chi connectivity index (χ4v) is 9.58. The first-order valence-corrected chi connectivity index (χ1v) is 13.5. The minimum Gasteiger partial charge on any atom is -0.393 e. The zero-order valence-electron chi connectivity index (χ0n) is 20.7. The van der Waals surface area contributed by atoms with Gasteiger partial charge in [0.1, 0.15) is 5.78 Å². The van der Waals surface area contributed by atoms with Gasteiger partial charge in [0.05, 0.1) is 6.10 Å². The first kappa shape index (κ1) is 22.2. The van der Waals surface area contributed by atoms with Crippen molar-refractivity contribution in [1.29, 1.82) is 0 Å². The lowest BCUT2D eigenvalue weighted by Crippen LogP contribution is -2.58. The molecular formula is C29H46O2. The van der Waals surface area contributed by atoms with Crippen LogP contribution in [-0.4, -0.2) is 17.0 Å². The molecule has 0 heterocycles. The van der Waals surface area contributed by atoms with Crippen molar-refractivity contribution in [2.24, 2.45) is 58.2 Å². The largest absolute Gasteiger partial charge is 0.393 e. The monoisotopic (exact) mass is 426 g/mol. The van der Waals surface area contributed by atoms with Crippen LogP contribution in [-0.2, 0) is 4.79 Å². The SMILES string of the molecule is C/C(=C\C[C@@H](C)[C@@H]1C[C@H]1C)[C@H]1CC[C@H]2[C@@H]3CC[C@H]4CC(=O)CC[C@]4(C)[C@H]3C[C@@H](O)[C@]12C. The topological polar surface area (TPSA) is 37.3 Å². The maximum absolute atomic E-state index is 12.2. The Morgan fingerprint density at radius 1 is 1.16 bits per heavy atom. The van der Waals surface area contributed by atoms with Gasteiger partial charge in [-0.15, -0.1) is 0 Å². The van der Waals surface area contributed by atoms with Crippen LogP contribution in [0.4, 0.5) is 0 Å². The van der Waals surface area contributed by atoms with E-state index >= 15 is 0 Å². The van der Waals surface area contributed by atoms with Gasteiger partial charge in [-0.3, -0.25) is 4.79 Å². The number of ketones is 1. The second-order valence-electron chi connectivity index (χ2n) is 13.2. The van der Waals surface area contributed by atoms with Gasteiger partial charge in [0.15, 0.2) is 0 Å². The number of aliphatic hydroxyl groups is 1. The smallest absolute Gasteiger partial charge is 0.133 e. The van der Waals surface area contributed by atoms with Gasteiger partial charge < -0.3 is 5.11 Å². The molecule has 0 radical (unpaired) electrons. The van der Waals surface area contributed by atoms with E-state index in [-0.39, 0.29) is 16.9 Å². The molecule has 0 aromatic carbocycles. The Hall–Kier alpha value is -0.630. The van der Waals surface area contributed by atoms with E-state index in [9.17, 15) is 9.90 Å². The number of carbonyl (C=O) groups excluding carboxylic acids is 1. The summed E-state index contributed by atoms with van der Waals surface area (Å²) in [6.45, 7) is 12.1. The van der Waals surface area contributed by atoms with Crippen molar-refractivity contribution in [1.82, 2.24) is 0 Å². The van der Waals surface area contributed by atoms with Crippen LogP contribution in [0.15, 0.2) is 11.6 Å². The number of allylic oxidation sites excluding steroid dienone is 2. The highest BCUT2D eigenvalue weighted by Crippen LogP contribution is 2.68. The van der Waals surface area contributed by atoms with Crippen molar-refractivity contribution in [3.63, 3.8) is 0 Å². The molecule has 0 amide bonds.